The highest BCUT2D eigenvalue weighted by molar-refractivity contribution is 5.92. The Morgan fingerprint density at radius 3 is 2.46 bits per heavy atom. The molecule has 2 aromatic heterocycles. The van der Waals surface area contributed by atoms with Gasteiger partial charge in [-0.05, 0) is 11.6 Å². The number of rotatable bonds is 5. The zero-order valence-corrected chi connectivity index (χ0v) is 13.7. The van der Waals surface area contributed by atoms with Crippen LogP contribution in [0.1, 0.15) is 26.5 Å². The maximum absolute atomic E-state index is 14.3. The Hall–Kier alpha value is -3.14. The van der Waals surface area contributed by atoms with E-state index in [9.17, 15) is 14.0 Å². The first kappa shape index (κ1) is 17.7. The normalized spacial score (nSPS) is 14.1. The number of nitrogens with zero attached hydrogens (tertiary/aromatic N) is 4. The summed E-state index contributed by atoms with van der Waals surface area (Å²) < 4.78 is 19.5. The summed E-state index contributed by atoms with van der Waals surface area (Å²) in [6.07, 6.45) is 3.56. The van der Waals surface area contributed by atoms with E-state index in [0.717, 1.165) is 12.4 Å². The number of carboxylic acid groups (broad SMARTS) is 1. The molecular formula is C16H16FN5O4. The van der Waals surface area contributed by atoms with Gasteiger partial charge in [0.15, 0.2) is 17.3 Å². The number of nitrogens with one attached hydrogen (secondary N) is 1. The molecule has 9 nitrogen and oxygen atoms in total. The smallest absolute Gasteiger partial charge is 0.356 e. The standard InChI is InChI=1S/C16H16FN5O4/c17-11-5-10(6-20-14(11)22-1-3-26-4-2-22)7-21-15(23)12-8-19-13(9-18-12)16(24)25/h5-6,8-9H,1-4,7H2,(H,21,23)(H,24,25). The van der Waals surface area contributed by atoms with Crippen molar-refractivity contribution in [1.82, 2.24) is 20.3 Å². The molecule has 10 heteroatoms. The molecule has 0 radical (unpaired) electrons. The van der Waals surface area contributed by atoms with Crippen LogP contribution in [-0.2, 0) is 11.3 Å². The van der Waals surface area contributed by atoms with E-state index in [1.807, 2.05) is 0 Å². The Morgan fingerprint density at radius 1 is 1.15 bits per heavy atom. The number of carbonyl (C=O) groups excluding carboxylic acids is 1. The first-order chi connectivity index (χ1) is 12.5. The quantitative estimate of drug-likeness (QED) is 0.789. The van der Waals surface area contributed by atoms with Crippen molar-refractivity contribution in [3.05, 3.63) is 47.4 Å². The lowest BCUT2D eigenvalue weighted by molar-refractivity contribution is 0.0689. The molecule has 0 aliphatic carbocycles. The average molecular weight is 361 g/mol. The maximum atomic E-state index is 14.3. The Labute approximate surface area is 147 Å². The van der Waals surface area contributed by atoms with E-state index in [4.69, 9.17) is 9.84 Å². The van der Waals surface area contributed by atoms with Gasteiger partial charge in [0.1, 0.15) is 5.69 Å². The van der Waals surface area contributed by atoms with Crippen molar-refractivity contribution in [3.8, 4) is 0 Å². The Balaban J connectivity index is 1.61. The van der Waals surface area contributed by atoms with Gasteiger partial charge in [-0.25, -0.2) is 24.1 Å². The number of halogens is 1. The highest BCUT2D eigenvalue weighted by Crippen LogP contribution is 2.18. The van der Waals surface area contributed by atoms with Gasteiger partial charge in [-0.2, -0.15) is 0 Å². The Kier molecular flexibility index (Phi) is 5.32. The topological polar surface area (TPSA) is 118 Å². The number of aromatic carboxylic acids is 1. The molecule has 3 heterocycles. The van der Waals surface area contributed by atoms with Crippen molar-refractivity contribution in [1.29, 1.82) is 0 Å². The third-order valence-electron chi connectivity index (χ3n) is 3.75. The molecule has 1 amide bonds. The van der Waals surface area contributed by atoms with Gasteiger partial charge >= 0.3 is 5.97 Å². The molecular weight excluding hydrogens is 345 g/mol. The van der Waals surface area contributed by atoms with Gasteiger partial charge in [0.2, 0.25) is 0 Å². The molecule has 1 fully saturated rings. The van der Waals surface area contributed by atoms with Crippen LogP contribution in [0.5, 0.6) is 0 Å². The minimum Gasteiger partial charge on any atom is -0.476 e. The number of hydrogen-bond donors (Lipinski definition) is 2. The molecule has 136 valence electrons. The van der Waals surface area contributed by atoms with Crippen LogP contribution in [0.15, 0.2) is 24.7 Å². The van der Waals surface area contributed by atoms with E-state index < -0.39 is 17.7 Å². The van der Waals surface area contributed by atoms with Gasteiger partial charge in [-0.15, -0.1) is 0 Å². The molecule has 1 aliphatic rings. The van der Waals surface area contributed by atoms with Gasteiger partial charge < -0.3 is 20.1 Å². The van der Waals surface area contributed by atoms with Crippen LogP contribution in [0, 0.1) is 5.82 Å². The third-order valence-corrected chi connectivity index (χ3v) is 3.75. The molecule has 2 aromatic rings. The highest BCUT2D eigenvalue weighted by atomic mass is 19.1. The SMILES string of the molecule is O=C(O)c1cnc(C(=O)NCc2cnc(N3CCOCC3)c(F)c2)cn1. The van der Waals surface area contributed by atoms with Gasteiger partial charge in [0.05, 0.1) is 25.6 Å². The summed E-state index contributed by atoms with van der Waals surface area (Å²) in [5, 5.41) is 11.3. The average Bonchev–Trinajstić information content (AvgIpc) is 2.67. The van der Waals surface area contributed by atoms with E-state index >= 15 is 0 Å². The van der Waals surface area contributed by atoms with Gasteiger partial charge in [0.25, 0.3) is 5.91 Å². The lowest BCUT2D eigenvalue weighted by Gasteiger charge is -2.28. The second kappa shape index (κ2) is 7.83. The second-order valence-electron chi connectivity index (χ2n) is 5.52. The number of carboxylic acids is 1. The number of aromatic nitrogens is 3. The van der Waals surface area contributed by atoms with Crippen LogP contribution >= 0.6 is 0 Å². The largest absolute Gasteiger partial charge is 0.476 e. The van der Waals surface area contributed by atoms with Crippen LogP contribution in [0.2, 0.25) is 0 Å². The number of morpholine rings is 1. The fourth-order valence-corrected chi connectivity index (χ4v) is 2.40. The van der Waals surface area contributed by atoms with Gasteiger partial charge in [-0.3, -0.25) is 4.79 Å². The predicted octanol–water partition coefficient (Wildman–Crippen LogP) is 0.475. The summed E-state index contributed by atoms with van der Waals surface area (Å²) in [5.74, 6) is -1.98. The van der Waals surface area contributed by atoms with Crippen molar-refractivity contribution in [2.75, 3.05) is 31.2 Å². The highest BCUT2D eigenvalue weighted by Gasteiger charge is 2.17. The second-order valence-corrected chi connectivity index (χ2v) is 5.52. The van der Waals surface area contributed by atoms with Crippen molar-refractivity contribution >= 4 is 17.7 Å². The van der Waals surface area contributed by atoms with E-state index in [1.165, 1.54) is 12.3 Å². The van der Waals surface area contributed by atoms with E-state index in [1.54, 1.807) is 4.90 Å². The maximum Gasteiger partial charge on any atom is 0.356 e. The molecule has 1 saturated heterocycles. The Bertz CT molecular complexity index is 809. The molecule has 0 unspecified atom stereocenters. The van der Waals surface area contributed by atoms with Crippen molar-refractivity contribution in [3.63, 3.8) is 0 Å². The van der Waals surface area contributed by atoms with Crippen LogP contribution in [0.4, 0.5) is 10.2 Å². The molecule has 0 saturated carbocycles. The first-order valence-corrected chi connectivity index (χ1v) is 7.85. The zero-order valence-electron chi connectivity index (χ0n) is 13.7. The van der Waals surface area contributed by atoms with Crippen LogP contribution in [-0.4, -0.2) is 58.2 Å². The molecule has 0 aromatic carbocycles. The number of anilines is 1. The lowest BCUT2D eigenvalue weighted by Crippen LogP contribution is -2.37. The Morgan fingerprint density at radius 2 is 1.85 bits per heavy atom. The van der Waals surface area contributed by atoms with Gasteiger partial charge in [-0.1, -0.05) is 0 Å². The molecule has 0 spiro atoms. The summed E-state index contributed by atoms with van der Waals surface area (Å²) in [4.78, 5) is 36.0. The summed E-state index contributed by atoms with van der Waals surface area (Å²) >= 11 is 0. The monoisotopic (exact) mass is 361 g/mol. The summed E-state index contributed by atoms with van der Waals surface area (Å²) in [7, 11) is 0. The summed E-state index contributed by atoms with van der Waals surface area (Å²) in [5.41, 5.74) is 0.197. The van der Waals surface area contributed by atoms with E-state index in [2.05, 4.69) is 20.3 Å². The molecule has 0 bridgehead atoms. The van der Waals surface area contributed by atoms with E-state index in [-0.39, 0.29) is 23.8 Å². The number of amides is 1. The summed E-state index contributed by atoms with van der Waals surface area (Å²) in [6.45, 7) is 2.26. The minimum absolute atomic E-state index is 0.0339. The van der Waals surface area contributed by atoms with Gasteiger partial charge in [0, 0.05) is 25.8 Å². The number of hydrogen-bond acceptors (Lipinski definition) is 7. The lowest BCUT2D eigenvalue weighted by atomic mass is 10.2. The number of pyridine rings is 1. The van der Waals surface area contributed by atoms with Crippen molar-refractivity contribution in [2.24, 2.45) is 0 Å². The first-order valence-electron chi connectivity index (χ1n) is 7.85. The summed E-state index contributed by atoms with van der Waals surface area (Å²) in [6, 6.07) is 1.32. The fraction of sp³-hybridized carbons (Fsp3) is 0.312. The van der Waals surface area contributed by atoms with Crippen LogP contribution < -0.4 is 10.2 Å². The van der Waals surface area contributed by atoms with E-state index in [0.29, 0.717) is 31.9 Å². The predicted molar refractivity (Wildman–Crippen MR) is 87.4 cm³/mol. The third kappa shape index (κ3) is 4.09. The van der Waals surface area contributed by atoms with Crippen molar-refractivity contribution in [2.45, 2.75) is 6.54 Å². The molecule has 3 rings (SSSR count). The number of carbonyl (C=O) groups is 2. The molecule has 1 aliphatic heterocycles. The van der Waals surface area contributed by atoms with Crippen molar-refractivity contribution < 1.29 is 23.8 Å². The zero-order chi connectivity index (χ0) is 18.5. The minimum atomic E-state index is -1.23. The number of ether oxygens (including phenoxy) is 1. The fourth-order valence-electron chi connectivity index (χ4n) is 2.40. The molecule has 2 N–H and O–H groups in total. The van der Waals surface area contributed by atoms with Crippen LogP contribution in [0.25, 0.3) is 0 Å². The molecule has 0 atom stereocenters. The molecule has 26 heavy (non-hydrogen) atoms. The van der Waals surface area contributed by atoms with Crippen LogP contribution in [0.3, 0.4) is 0 Å².